The summed E-state index contributed by atoms with van der Waals surface area (Å²) in [5, 5.41) is 14.2. The highest BCUT2D eigenvalue weighted by Crippen LogP contribution is 2.29. The Kier molecular flexibility index (Phi) is 5.35. The Bertz CT molecular complexity index is 1440. The van der Waals surface area contributed by atoms with Crippen LogP contribution in [0.1, 0.15) is 13.8 Å². The van der Waals surface area contributed by atoms with Gasteiger partial charge in [-0.25, -0.2) is 9.97 Å². The average molecular weight is 441 g/mol. The van der Waals surface area contributed by atoms with Crippen LogP contribution in [0.5, 0.6) is 5.75 Å². The van der Waals surface area contributed by atoms with Crippen LogP contribution in [0.2, 0.25) is 0 Å². The second kappa shape index (κ2) is 8.62. The van der Waals surface area contributed by atoms with Gasteiger partial charge in [0.1, 0.15) is 11.6 Å². The van der Waals surface area contributed by atoms with Crippen molar-refractivity contribution in [3.8, 4) is 17.1 Å². The summed E-state index contributed by atoms with van der Waals surface area (Å²) < 4.78 is 7.61. The van der Waals surface area contributed by atoms with E-state index in [2.05, 4.69) is 25.8 Å². The summed E-state index contributed by atoms with van der Waals surface area (Å²) in [5.74, 6) is 1.78. The number of H-pyrrole nitrogens is 1. The van der Waals surface area contributed by atoms with Gasteiger partial charge in [-0.3, -0.25) is 14.3 Å². The van der Waals surface area contributed by atoms with Gasteiger partial charge in [0.2, 0.25) is 0 Å². The molecule has 166 valence electrons. The number of nitrogens with zero attached hydrogens (tertiary/aromatic N) is 4. The van der Waals surface area contributed by atoms with Gasteiger partial charge in [0.25, 0.3) is 5.91 Å². The van der Waals surface area contributed by atoms with Crippen LogP contribution in [0.25, 0.3) is 27.9 Å². The fraction of sp³-hybridized carbons (Fsp3) is 0.167. The van der Waals surface area contributed by atoms with Crippen molar-refractivity contribution in [1.82, 2.24) is 29.9 Å². The average Bonchev–Trinajstić information content (AvgIpc) is 3.42. The summed E-state index contributed by atoms with van der Waals surface area (Å²) >= 11 is 0. The van der Waals surface area contributed by atoms with E-state index in [1.54, 1.807) is 12.4 Å². The molecule has 33 heavy (non-hydrogen) atoms. The second-order valence-electron chi connectivity index (χ2n) is 7.93. The highest BCUT2D eigenvalue weighted by Gasteiger charge is 2.15. The number of amides is 1. The molecule has 3 aromatic heterocycles. The number of anilines is 2. The summed E-state index contributed by atoms with van der Waals surface area (Å²) in [6.45, 7) is 3.78. The Hall–Kier alpha value is -4.40. The number of carbonyl (C=O) groups excluding carboxylic acids is 1. The number of aromatic amines is 1. The fourth-order valence-corrected chi connectivity index (χ4v) is 3.61. The number of hydrogen-bond donors (Lipinski definition) is 3. The van der Waals surface area contributed by atoms with E-state index in [4.69, 9.17) is 9.72 Å². The summed E-state index contributed by atoms with van der Waals surface area (Å²) in [6.07, 6.45) is 5.43. The molecule has 0 radical (unpaired) electrons. The van der Waals surface area contributed by atoms with Gasteiger partial charge in [0.05, 0.1) is 11.7 Å². The first-order valence-corrected chi connectivity index (χ1v) is 10.6. The number of aromatic nitrogens is 5. The highest BCUT2D eigenvalue weighted by atomic mass is 16.5. The number of carbonyl (C=O) groups is 1. The largest absolute Gasteiger partial charge is 0.484 e. The van der Waals surface area contributed by atoms with Crippen molar-refractivity contribution in [2.45, 2.75) is 19.9 Å². The van der Waals surface area contributed by atoms with Crippen LogP contribution < -0.4 is 15.4 Å². The highest BCUT2D eigenvalue weighted by molar-refractivity contribution is 5.84. The van der Waals surface area contributed by atoms with Crippen LogP contribution in [0.3, 0.4) is 0 Å². The zero-order valence-corrected chi connectivity index (χ0v) is 18.2. The lowest BCUT2D eigenvalue weighted by atomic mass is 10.2. The number of nitrogens with one attached hydrogen (secondary N) is 3. The molecule has 0 spiro atoms. The van der Waals surface area contributed by atoms with E-state index < -0.39 is 0 Å². The minimum atomic E-state index is -0.160. The predicted molar refractivity (Wildman–Crippen MR) is 127 cm³/mol. The lowest BCUT2D eigenvalue weighted by Gasteiger charge is -2.10. The number of hydrogen-bond acceptors (Lipinski definition) is 6. The van der Waals surface area contributed by atoms with Gasteiger partial charge in [-0.05, 0) is 50.2 Å². The van der Waals surface area contributed by atoms with Crippen LogP contribution >= 0.6 is 0 Å². The lowest BCUT2D eigenvalue weighted by molar-refractivity contribution is -0.123. The molecule has 9 heteroatoms. The van der Waals surface area contributed by atoms with Crippen molar-refractivity contribution in [2.75, 3.05) is 11.9 Å². The molecular weight excluding hydrogens is 418 g/mol. The third-order valence-electron chi connectivity index (χ3n) is 5.02. The molecule has 1 amide bonds. The number of ether oxygens (including phenoxy) is 1. The van der Waals surface area contributed by atoms with Crippen LogP contribution in [0.4, 0.5) is 11.5 Å². The normalized spacial score (nSPS) is 11.2. The molecular formula is C24H23N7O2. The Morgan fingerprint density at radius 3 is 2.97 bits per heavy atom. The standard InChI is InChI=1S/C24H23N7O2/c1-15(2)27-21(32)14-33-19-6-3-5-16(12-19)23-29-22(24-25-9-4-10-31(23)24)28-18-7-8-20-17(11-18)13-26-30-20/h3-13,15,28H,14H2,1-2H3,(H,26,30)(H,27,32). The minimum Gasteiger partial charge on any atom is -0.484 e. The van der Waals surface area contributed by atoms with Crippen molar-refractivity contribution in [3.05, 3.63) is 67.1 Å². The molecule has 0 unspecified atom stereocenters. The van der Waals surface area contributed by atoms with Crippen molar-refractivity contribution in [3.63, 3.8) is 0 Å². The lowest BCUT2D eigenvalue weighted by Crippen LogP contribution is -2.34. The molecule has 0 saturated heterocycles. The van der Waals surface area contributed by atoms with Gasteiger partial charge in [-0.2, -0.15) is 5.10 Å². The molecule has 0 bridgehead atoms. The Morgan fingerprint density at radius 2 is 2.09 bits per heavy atom. The smallest absolute Gasteiger partial charge is 0.258 e. The molecule has 0 saturated carbocycles. The molecule has 3 N–H and O–H groups in total. The zero-order chi connectivity index (χ0) is 22.8. The van der Waals surface area contributed by atoms with E-state index in [9.17, 15) is 4.79 Å². The molecule has 0 aliphatic rings. The first kappa shape index (κ1) is 20.5. The molecule has 0 atom stereocenters. The van der Waals surface area contributed by atoms with Crippen LogP contribution in [0, 0.1) is 0 Å². The molecule has 0 aliphatic carbocycles. The first-order valence-electron chi connectivity index (χ1n) is 10.6. The number of imidazole rings is 1. The molecule has 0 aliphatic heterocycles. The fourth-order valence-electron chi connectivity index (χ4n) is 3.61. The number of rotatable bonds is 7. The van der Waals surface area contributed by atoms with Crippen molar-refractivity contribution in [1.29, 1.82) is 0 Å². The number of benzene rings is 2. The Labute approximate surface area is 189 Å². The van der Waals surface area contributed by atoms with Gasteiger partial charge >= 0.3 is 0 Å². The SMILES string of the molecule is CC(C)NC(=O)COc1cccc(-c2nc(Nc3ccc4[nH]ncc4c3)c3ncccn23)c1. The molecule has 0 fully saturated rings. The van der Waals surface area contributed by atoms with Crippen LogP contribution in [-0.4, -0.2) is 43.1 Å². The minimum absolute atomic E-state index is 0.0468. The number of fused-ring (bicyclic) bond motifs is 2. The van der Waals surface area contributed by atoms with Crippen LogP contribution in [0.15, 0.2) is 67.1 Å². The summed E-state index contributed by atoms with van der Waals surface area (Å²) in [6, 6.07) is 15.4. The monoisotopic (exact) mass is 441 g/mol. The van der Waals surface area contributed by atoms with Crippen molar-refractivity contribution < 1.29 is 9.53 Å². The van der Waals surface area contributed by atoms with Gasteiger partial charge in [0.15, 0.2) is 18.1 Å². The summed E-state index contributed by atoms with van der Waals surface area (Å²) in [5.41, 5.74) is 3.39. The van der Waals surface area contributed by atoms with Gasteiger partial charge in [-0.1, -0.05) is 12.1 Å². The first-order chi connectivity index (χ1) is 16.1. The van der Waals surface area contributed by atoms with E-state index in [1.165, 1.54) is 0 Å². The van der Waals surface area contributed by atoms with E-state index in [-0.39, 0.29) is 18.6 Å². The van der Waals surface area contributed by atoms with Gasteiger partial charge < -0.3 is 15.4 Å². The van der Waals surface area contributed by atoms with E-state index >= 15 is 0 Å². The van der Waals surface area contributed by atoms with Crippen molar-refractivity contribution in [2.24, 2.45) is 0 Å². The molecule has 2 aromatic carbocycles. The second-order valence-corrected chi connectivity index (χ2v) is 7.93. The third-order valence-corrected chi connectivity index (χ3v) is 5.02. The summed E-state index contributed by atoms with van der Waals surface area (Å²) in [7, 11) is 0. The maximum atomic E-state index is 11.9. The zero-order valence-electron chi connectivity index (χ0n) is 18.2. The molecule has 5 aromatic rings. The Balaban J connectivity index is 1.45. The van der Waals surface area contributed by atoms with E-state index in [0.29, 0.717) is 23.0 Å². The Morgan fingerprint density at radius 1 is 1.18 bits per heavy atom. The molecule has 5 rings (SSSR count). The maximum Gasteiger partial charge on any atom is 0.258 e. The maximum absolute atomic E-state index is 11.9. The summed E-state index contributed by atoms with van der Waals surface area (Å²) in [4.78, 5) is 21.3. The van der Waals surface area contributed by atoms with Gasteiger partial charge in [0, 0.05) is 35.1 Å². The topological polar surface area (TPSA) is 109 Å². The van der Waals surface area contributed by atoms with E-state index in [0.717, 1.165) is 22.2 Å². The van der Waals surface area contributed by atoms with Gasteiger partial charge in [-0.15, -0.1) is 0 Å². The van der Waals surface area contributed by atoms with Crippen LogP contribution in [-0.2, 0) is 4.79 Å². The quantitative estimate of drug-likeness (QED) is 0.353. The predicted octanol–water partition coefficient (Wildman–Crippen LogP) is 3.92. The molecule has 3 heterocycles. The van der Waals surface area contributed by atoms with E-state index in [1.807, 2.05) is 73.0 Å². The third kappa shape index (κ3) is 4.33. The van der Waals surface area contributed by atoms with Crippen molar-refractivity contribution >= 4 is 34.0 Å². The molecule has 9 nitrogen and oxygen atoms in total.